The highest BCUT2D eigenvalue weighted by Crippen LogP contribution is 2.24. The van der Waals surface area contributed by atoms with Gasteiger partial charge in [-0.05, 0) is 14.0 Å². The molecule has 0 radical (unpaired) electrons. The predicted molar refractivity (Wildman–Crippen MR) is 64.8 cm³/mol. The third-order valence-electron chi connectivity index (χ3n) is 2.80. The van der Waals surface area contributed by atoms with E-state index >= 15 is 0 Å². The van der Waals surface area contributed by atoms with Gasteiger partial charge >= 0.3 is 0 Å². The molecule has 2 rings (SSSR count). The quantitative estimate of drug-likeness (QED) is 0.854. The fraction of sp³-hybridized carbons (Fsp3) is 0.500. The summed E-state index contributed by atoms with van der Waals surface area (Å²) in [6.07, 6.45) is 2.43. The summed E-state index contributed by atoms with van der Waals surface area (Å²) in [5, 5.41) is 18.7. The third kappa shape index (κ3) is 2.32. The van der Waals surface area contributed by atoms with Crippen LogP contribution in [0.5, 0.6) is 0 Å². The fourth-order valence-corrected chi connectivity index (χ4v) is 2.07. The van der Waals surface area contributed by atoms with Crippen LogP contribution in [-0.2, 0) is 13.5 Å². The van der Waals surface area contributed by atoms with E-state index in [9.17, 15) is 0 Å². The Morgan fingerprint density at radius 3 is 2.82 bits per heavy atom. The zero-order valence-electron chi connectivity index (χ0n) is 10.0. The zero-order valence-corrected chi connectivity index (χ0v) is 10.8. The predicted octanol–water partition coefficient (Wildman–Crippen LogP) is 1.00. The number of aromatic nitrogens is 5. The van der Waals surface area contributed by atoms with Crippen molar-refractivity contribution in [1.82, 2.24) is 30.5 Å². The molecule has 0 amide bonds. The van der Waals surface area contributed by atoms with E-state index in [1.165, 1.54) is 0 Å². The third-order valence-corrected chi connectivity index (χ3v) is 3.29. The SMILES string of the molecule is CNC(Cc1c(Cl)c(C)nn1C)c1cn[nH]n1. The summed E-state index contributed by atoms with van der Waals surface area (Å²) in [5.41, 5.74) is 2.70. The second-order valence-electron chi connectivity index (χ2n) is 3.91. The van der Waals surface area contributed by atoms with E-state index in [0.717, 1.165) is 28.5 Å². The van der Waals surface area contributed by atoms with Crippen molar-refractivity contribution < 1.29 is 0 Å². The number of nitrogens with zero attached hydrogens (tertiary/aromatic N) is 4. The second kappa shape index (κ2) is 4.85. The van der Waals surface area contributed by atoms with Crippen molar-refractivity contribution in [1.29, 1.82) is 0 Å². The molecule has 1 atom stereocenters. The zero-order chi connectivity index (χ0) is 12.4. The molecule has 6 nitrogen and oxygen atoms in total. The lowest BCUT2D eigenvalue weighted by molar-refractivity contribution is 0.547. The van der Waals surface area contributed by atoms with E-state index in [4.69, 9.17) is 11.6 Å². The largest absolute Gasteiger partial charge is 0.311 e. The van der Waals surface area contributed by atoms with E-state index in [1.807, 2.05) is 25.7 Å². The minimum Gasteiger partial charge on any atom is -0.311 e. The molecule has 0 saturated heterocycles. The highest BCUT2D eigenvalue weighted by molar-refractivity contribution is 6.31. The second-order valence-corrected chi connectivity index (χ2v) is 4.29. The average Bonchev–Trinajstić information content (AvgIpc) is 2.89. The molecule has 0 aliphatic heterocycles. The van der Waals surface area contributed by atoms with Crippen LogP contribution in [0.1, 0.15) is 23.1 Å². The van der Waals surface area contributed by atoms with Gasteiger partial charge in [-0.25, -0.2) is 0 Å². The minimum absolute atomic E-state index is 0.0704. The molecule has 0 saturated carbocycles. The van der Waals surface area contributed by atoms with Gasteiger partial charge in [0.25, 0.3) is 0 Å². The molecule has 0 aliphatic rings. The van der Waals surface area contributed by atoms with Crippen molar-refractivity contribution in [2.45, 2.75) is 19.4 Å². The van der Waals surface area contributed by atoms with Crippen LogP contribution < -0.4 is 5.32 Å². The standard InChI is InChI=1S/C10H15ClN6/c1-6-10(11)9(17(3)15-6)4-7(12-2)8-5-13-16-14-8/h5,7,12H,4H2,1-3H3,(H,13,14,16). The van der Waals surface area contributed by atoms with Crippen LogP contribution in [0.25, 0.3) is 0 Å². The highest BCUT2D eigenvalue weighted by atomic mass is 35.5. The first-order chi connectivity index (χ1) is 8.13. The van der Waals surface area contributed by atoms with Gasteiger partial charge in [-0.3, -0.25) is 4.68 Å². The van der Waals surface area contributed by atoms with Crippen LogP contribution in [0.4, 0.5) is 0 Å². The summed E-state index contributed by atoms with van der Waals surface area (Å²) < 4.78 is 1.81. The number of halogens is 1. The van der Waals surface area contributed by atoms with Crippen molar-refractivity contribution >= 4 is 11.6 Å². The Hall–Kier alpha value is -1.40. The number of hydrogen-bond acceptors (Lipinski definition) is 4. The fourth-order valence-electron chi connectivity index (χ4n) is 1.83. The van der Waals surface area contributed by atoms with Gasteiger partial charge in [-0.1, -0.05) is 11.6 Å². The van der Waals surface area contributed by atoms with E-state index in [2.05, 4.69) is 25.8 Å². The number of aromatic amines is 1. The van der Waals surface area contributed by atoms with Gasteiger partial charge in [0.05, 0.1) is 34.3 Å². The summed E-state index contributed by atoms with van der Waals surface area (Å²) in [7, 11) is 3.78. The highest BCUT2D eigenvalue weighted by Gasteiger charge is 2.18. The molecule has 0 aromatic carbocycles. The molecule has 1 unspecified atom stereocenters. The van der Waals surface area contributed by atoms with Crippen molar-refractivity contribution in [3.8, 4) is 0 Å². The Kier molecular flexibility index (Phi) is 3.44. The molecule has 17 heavy (non-hydrogen) atoms. The summed E-state index contributed by atoms with van der Waals surface area (Å²) in [6, 6.07) is 0.0704. The summed E-state index contributed by atoms with van der Waals surface area (Å²) in [5.74, 6) is 0. The summed E-state index contributed by atoms with van der Waals surface area (Å²) >= 11 is 6.22. The molecule has 0 aliphatic carbocycles. The number of aryl methyl sites for hydroxylation is 2. The molecule has 92 valence electrons. The smallest absolute Gasteiger partial charge is 0.0997 e. The van der Waals surface area contributed by atoms with Crippen LogP contribution in [0.2, 0.25) is 5.02 Å². The van der Waals surface area contributed by atoms with Gasteiger partial charge in [0.2, 0.25) is 0 Å². The first-order valence-electron chi connectivity index (χ1n) is 5.34. The lowest BCUT2D eigenvalue weighted by Crippen LogP contribution is -2.20. The molecule has 0 bridgehead atoms. The summed E-state index contributed by atoms with van der Waals surface area (Å²) in [6.45, 7) is 1.90. The molecular weight excluding hydrogens is 240 g/mol. The lowest BCUT2D eigenvalue weighted by atomic mass is 10.1. The number of nitrogens with one attached hydrogen (secondary N) is 2. The molecule has 2 heterocycles. The van der Waals surface area contributed by atoms with Crippen LogP contribution >= 0.6 is 11.6 Å². The maximum Gasteiger partial charge on any atom is 0.0997 e. The molecule has 2 N–H and O–H groups in total. The van der Waals surface area contributed by atoms with Gasteiger partial charge in [0.15, 0.2) is 0 Å². The van der Waals surface area contributed by atoms with Crippen LogP contribution in [0.3, 0.4) is 0 Å². The Labute approximate surface area is 104 Å². The topological polar surface area (TPSA) is 71.4 Å². The van der Waals surface area contributed by atoms with Gasteiger partial charge < -0.3 is 5.32 Å². The molecule has 7 heteroatoms. The van der Waals surface area contributed by atoms with Crippen LogP contribution in [0, 0.1) is 6.92 Å². The number of H-pyrrole nitrogens is 1. The van der Waals surface area contributed by atoms with Crippen LogP contribution in [0.15, 0.2) is 6.20 Å². The Morgan fingerprint density at radius 1 is 1.59 bits per heavy atom. The van der Waals surface area contributed by atoms with E-state index in [-0.39, 0.29) is 6.04 Å². The molecule has 0 spiro atoms. The van der Waals surface area contributed by atoms with Crippen molar-refractivity contribution in [2.24, 2.45) is 7.05 Å². The van der Waals surface area contributed by atoms with Crippen molar-refractivity contribution in [3.63, 3.8) is 0 Å². The van der Waals surface area contributed by atoms with E-state index < -0.39 is 0 Å². The monoisotopic (exact) mass is 254 g/mol. The molecular formula is C10H15ClN6. The maximum atomic E-state index is 6.22. The maximum absolute atomic E-state index is 6.22. The van der Waals surface area contributed by atoms with Crippen LogP contribution in [-0.4, -0.2) is 32.2 Å². The van der Waals surface area contributed by atoms with Crippen molar-refractivity contribution in [2.75, 3.05) is 7.05 Å². The normalized spacial score (nSPS) is 12.9. The van der Waals surface area contributed by atoms with Gasteiger partial charge in [0, 0.05) is 13.5 Å². The lowest BCUT2D eigenvalue weighted by Gasteiger charge is -2.13. The van der Waals surface area contributed by atoms with Crippen molar-refractivity contribution in [3.05, 3.63) is 28.3 Å². The number of likely N-dealkylation sites (N-methyl/N-ethyl adjacent to an activating group) is 1. The summed E-state index contributed by atoms with van der Waals surface area (Å²) in [4.78, 5) is 0. The molecule has 2 aromatic heterocycles. The molecule has 0 fully saturated rings. The van der Waals surface area contributed by atoms with Gasteiger partial charge in [-0.15, -0.1) is 0 Å². The first-order valence-corrected chi connectivity index (χ1v) is 5.72. The Morgan fingerprint density at radius 2 is 2.35 bits per heavy atom. The number of rotatable bonds is 4. The van der Waals surface area contributed by atoms with E-state index in [0.29, 0.717) is 0 Å². The number of hydrogen-bond donors (Lipinski definition) is 2. The minimum atomic E-state index is 0.0704. The van der Waals surface area contributed by atoms with Gasteiger partial charge in [-0.2, -0.15) is 20.5 Å². The Bertz CT molecular complexity index is 489. The Balaban J connectivity index is 2.24. The molecule has 2 aromatic rings. The van der Waals surface area contributed by atoms with Gasteiger partial charge in [0.1, 0.15) is 0 Å². The first kappa shape index (κ1) is 12.1. The van der Waals surface area contributed by atoms with E-state index in [1.54, 1.807) is 6.20 Å². The average molecular weight is 255 g/mol.